The lowest BCUT2D eigenvalue weighted by Crippen LogP contribution is -2.53. The predicted molar refractivity (Wildman–Crippen MR) is 113 cm³/mol. The Morgan fingerprint density at radius 1 is 1.28 bits per heavy atom. The van der Waals surface area contributed by atoms with Crippen LogP contribution in [0, 0.1) is 0 Å². The molecule has 2 aliphatic rings. The van der Waals surface area contributed by atoms with E-state index in [1.165, 1.54) is 16.5 Å². The SMILES string of the molecule is CC1(C)Cc2c(c(N3CCOCC3)[nH+]c3sc4c(NCC[NH3+])ncnc4c23)CO1. The Labute approximate surface area is 173 Å². The third-order valence-corrected chi connectivity index (χ3v) is 6.76. The van der Waals surface area contributed by atoms with E-state index in [-0.39, 0.29) is 5.60 Å². The van der Waals surface area contributed by atoms with Gasteiger partial charge < -0.3 is 20.5 Å². The van der Waals surface area contributed by atoms with Crippen molar-refractivity contribution in [2.75, 3.05) is 49.6 Å². The Morgan fingerprint density at radius 3 is 2.90 bits per heavy atom. The van der Waals surface area contributed by atoms with E-state index >= 15 is 0 Å². The summed E-state index contributed by atoms with van der Waals surface area (Å²) in [4.78, 5) is 16.4. The van der Waals surface area contributed by atoms with Gasteiger partial charge in [0.2, 0.25) is 0 Å². The van der Waals surface area contributed by atoms with Crippen LogP contribution in [0.4, 0.5) is 11.6 Å². The van der Waals surface area contributed by atoms with Crippen LogP contribution in [-0.2, 0) is 22.5 Å². The van der Waals surface area contributed by atoms with Gasteiger partial charge in [-0.1, -0.05) is 11.3 Å². The third kappa shape index (κ3) is 3.31. The topological polar surface area (TPSA) is 101 Å². The molecule has 8 nitrogen and oxygen atoms in total. The smallest absolute Gasteiger partial charge is 0.281 e. The predicted octanol–water partition coefficient (Wildman–Crippen LogP) is 1.00. The average molecular weight is 417 g/mol. The summed E-state index contributed by atoms with van der Waals surface area (Å²) >= 11 is 1.73. The third-order valence-electron chi connectivity index (χ3n) is 5.66. The Morgan fingerprint density at radius 2 is 2.10 bits per heavy atom. The van der Waals surface area contributed by atoms with E-state index < -0.39 is 0 Å². The fourth-order valence-electron chi connectivity index (χ4n) is 4.24. The van der Waals surface area contributed by atoms with Crippen LogP contribution in [0.2, 0.25) is 0 Å². The molecule has 2 aliphatic heterocycles. The van der Waals surface area contributed by atoms with Crippen molar-refractivity contribution in [3.05, 3.63) is 17.5 Å². The van der Waals surface area contributed by atoms with E-state index in [0.29, 0.717) is 6.61 Å². The molecule has 0 bridgehead atoms. The molecule has 29 heavy (non-hydrogen) atoms. The summed E-state index contributed by atoms with van der Waals surface area (Å²) in [6.45, 7) is 9.82. The quantitative estimate of drug-likeness (QED) is 0.658. The number of H-pyrrole nitrogens is 1. The van der Waals surface area contributed by atoms with Gasteiger partial charge in [0.1, 0.15) is 29.9 Å². The lowest BCUT2D eigenvalue weighted by molar-refractivity contribution is -0.362. The summed E-state index contributed by atoms with van der Waals surface area (Å²) in [7, 11) is 0. The molecule has 0 amide bonds. The number of nitrogens with zero attached hydrogens (tertiary/aromatic N) is 3. The Kier molecular flexibility index (Phi) is 4.78. The van der Waals surface area contributed by atoms with Crippen LogP contribution < -0.4 is 20.9 Å². The molecule has 9 heteroatoms. The van der Waals surface area contributed by atoms with Crippen LogP contribution in [0.15, 0.2) is 6.33 Å². The molecule has 0 saturated carbocycles. The first-order valence-electron chi connectivity index (χ1n) is 10.2. The normalized spacial score (nSPS) is 18.9. The van der Waals surface area contributed by atoms with Crippen molar-refractivity contribution in [1.82, 2.24) is 9.97 Å². The summed E-state index contributed by atoms with van der Waals surface area (Å²) in [5.74, 6) is 2.05. The maximum atomic E-state index is 6.21. The number of aromatic amines is 1. The summed E-state index contributed by atoms with van der Waals surface area (Å²) in [5, 5.41) is 4.62. The lowest BCUT2D eigenvalue weighted by atomic mass is 9.90. The van der Waals surface area contributed by atoms with Gasteiger partial charge >= 0.3 is 0 Å². The largest absolute Gasteiger partial charge is 0.373 e. The molecular weight excluding hydrogens is 388 g/mol. The highest BCUT2D eigenvalue weighted by molar-refractivity contribution is 7.25. The highest BCUT2D eigenvalue weighted by Gasteiger charge is 2.36. The summed E-state index contributed by atoms with van der Waals surface area (Å²) in [6, 6.07) is 0. The van der Waals surface area contributed by atoms with E-state index in [1.807, 2.05) is 0 Å². The van der Waals surface area contributed by atoms with Crippen LogP contribution in [-0.4, -0.2) is 55.0 Å². The lowest BCUT2D eigenvalue weighted by Gasteiger charge is -2.33. The number of aromatic nitrogens is 3. The van der Waals surface area contributed by atoms with E-state index in [4.69, 9.17) is 9.47 Å². The number of anilines is 2. The maximum absolute atomic E-state index is 6.21. The molecule has 3 aromatic heterocycles. The van der Waals surface area contributed by atoms with Crippen LogP contribution in [0.3, 0.4) is 0 Å². The zero-order valence-electron chi connectivity index (χ0n) is 17.0. The summed E-state index contributed by atoms with van der Waals surface area (Å²) in [5.41, 5.74) is 7.35. The molecule has 1 fully saturated rings. The zero-order valence-corrected chi connectivity index (χ0v) is 17.8. The van der Waals surface area contributed by atoms with Gasteiger partial charge in [-0.2, -0.15) is 0 Å². The molecule has 5 rings (SSSR count). The van der Waals surface area contributed by atoms with Crippen molar-refractivity contribution in [1.29, 1.82) is 0 Å². The molecule has 1 saturated heterocycles. The Balaban J connectivity index is 1.75. The van der Waals surface area contributed by atoms with Crippen molar-refractivity contribution in [3.63, 3.8) is 0 Å². The average Bonchev–Trinajstić information content (AvgIpc) is 3.11. The Bertz CT molecular complexity index is 1060. The highest BCUT2D eigenvalue weighted by atomic mass is 32.1. The Hall–Kier alpha value is -2.07. The van der Waals surface area contributed by atoms with Gasteiger partial charge in [0.05, 0.1) is 55.0 Å². The van der Waals surface area contributed by atoms with E-state index in [9.17, 15) is 0 Å². The summed E-state index contributed by atoms with van der Waals surface area (Å²) < 4.78 is 12.9. The van der Waals surface area contributed by atoms with Gasteiger partial charge in [-0.15, -0.1) is 0 Å². The first kappa shape index (κ1) is 18.9. The maximum Gasteiger partial charge on any atom is 0.281 e. The molecule has 0 aromatic carbocycles. The van der Waals surface area contributed by atoms with E-state index in [0.717, 1.165) is 72.5 Å². The molecule has 0 unspecified atom stereocenters. The van der Waals surface area contributed by atoms with Crippen molar-refractivity contribution in [3.8, 4) is 0 Å². The number of pyridine rings is 1. The monoisotopic (exact) mass is 416 g/mol. The number of hydrogen-bond donors (Lipinski definition) is 2. The number of quaternary nitrogens is 1. The molecule has 5 heterocycles. The number of hydrogen-bond acceptors (Lipinski definition) is 7. The minimum atomic E-state index is -0.195. The van der Waals surface area contributed by atoms with Crippen LogP contribution in [0.25, 0.3) is 20.4 Å². The summed E-state index contributed by atoms with van der Waals surface area (Å²) in [6.07, 6.45) is 2.52. The number of morpholine rings is 1. The highest BCUT2D eigenvalue weighted by Crippen LogP contribution is 2.42. The van der Waals surface area contributed by atoms with Crippen LogP contribution in [0.5, 0.6) is 0 Å². The molecule has 0 spiro atoms. The van der Waals surface area contributed by atoms with Crippen molar-refractivity contribution in [2.45, 2.75) is 32.5 Å². The second-order valence-corrected chi connectivity index (χ2v) is 9.26. The molecule has 0 atom stereocenters. The van der Waals surface area contributed by atoms with Gasteiger partial charge in [0, 0.05) is 6.42 Å². The van der Waals surface area contributed by atoms with Gasteiger partial charge in [-0.05, 0) is 19.4 Å². The second-order valence-electron chi connectivity index (χ2n) is 8.24. The first-order valence-corrected chi connectivity index (χ1v) is 11.0. The van der Waals surface area contributed by atoms with Crippen molar-refractivity contribution < 1.29 is 20.2 Å². The number of nitrogens with one attached hydrogen (secondary N) is 2. The minimum Gasteiger partial charge on any atom is -0.373 e. The number of thiophene rings is 1. The molecule has 154 valence electrons. The van der Waals surface area contributed by atoms with E-state index in [1.54, 1.807) is 17.7 Å². The standard InChI is InChI=1S/C20H26N6O2S/c1-20(2)9-12-13(10-28-20)18(26-5-7-27-8-6-26)25-19-14(12)15-16(29-19)17(22-4-3-21)24-11-23-15/h11H,3-10,21H2,1-2H3,(H,22,23,24)/p+2. The molecule has 3 aromatic rings. The molecular formula is C20H28N6O2S+2. The number of ether oxygens (including phenoxy) is 2. The van der Waals surface area contributed by atoms with Gasteiger partial charge in [0.15, 0.2) is 4.83 Å². The first-order chi connectivity index (χ1) is 14.1. The second kappa shape index (κ2) is 7.32. The van der Waals surface area contributed by atoms with Gasteiger partial charge in [-0.3, -0.25) is 4.90 Å². The number of rotatable bonds is 4. The number of fused-ring (bicyclic) bond motifs is 5. The van der Waals surface area contributed by atoms with Crippen molar-refractivity contribution >= 4 is 43.4 Å². The fraction of sp³-hybridized carbons (Fsp3) is 0.550. The van der Waals surface area contributed by atoms with Crippen LogP contribution in [0.1, 0.15) is 25.0 Å². The van der Waals surface area contributed by atoms with Gasteiger partial charge in [0.25, 0.3) is 5.82 Å². The molecule has 0 aliphatic carbocycles. The zero-order chi connectivity index (χ0) is 20.0. The minimum absolute atomic E-state index is 0.195. The molecule has 5 N–H and O–H groups in total. The van der Waals surface area contributed by atoms with Crippen LogP contribution >= 0.6 is 11.3 Å². The fourth-order valence-corrected chi connectivity index (χ4v) is 5.39. The van der Waals surface area contributed by atoms with Gasteiger partial charge in [-0.25, -0.2) is 15.0 Å². The molecule has 0 radical (unpaired) electrons. The van der Waals surface area contributed by atoms with Crippen molar-refractivity contribution in [2.24, 2.45) is 0 Å². The van der Waals surface area contributed by atoms with E-state index in [2.05, 4.69) is 44.7 Å².